The molecule has 1 N–H and O–H groups in total. The molecule has 0 aliphatic rings. The molecule has 0 aliphatic carbocycles. The fraction of sp³-hybridized carbons (Fsp3) is 0. The maximum atomic E-state index is 13.6. The van der Waals surface area contributed by atoms with Crippen molar-refractivity contribution in [2.45, 2.75) is 0 Å². The molecule has 3 aromatic rings. The van der Waals surface area contributed by atoms with Gasteiger partial charge in [-0.2, -0.15) is 0 Å². The minimum absolute atomic E-state index is 0.0000255. The largest absolute Gasteiger partial charge is 0.298 e. The topological polar surface area (TPSA) is 42.0 Å². The normalized spacial score (nSPS) is 11.0. The van der Waals surface area contributed by atoms with Crippen LogP contribution in [0.3, 0.4) is 0 Å². The SMILES string of the molecule is O=C(Nc1nc2c(F)c(F)c(F)cc2s1)c1ccc(Cl)c(Cl)c1. The zero-order valence-electron chi connectivity index (χ0n) is 11.0. The third kappa shape index (κ3) is 2.99. The number of amides is 1. The average Bonchev–Trinajstić information content (AvgIpc) is 2.90. The molecule has 9 heteroatoms. The van der Waals surface area contributed by atoms with E-state index in [9.17, 15) is 18.0 Å². The van der Waals surface area contributed by atoms with Crippen LogP contribution in [0.4, 0.5) is 18.3 Å². The molecular weight excluding hydrogens is 372 g/mol. The van der Waals surface area contributed by atoms with Crippen LogP contribution in [0.2, 0.25) is 10.0 Å². The maximum Gasteiger partial charge on any atom is 0.257 e. The molecule has 3 rings (SSSR count). The van der Waals surface area contributed by atoms with Crippen LogP contribution in [-0.2, 0) is 0 Å². The summed E-state index contributed by atoms with van der Waals surface area (Å²) in [5.74, 6) is -4.89. The van der Waals surface area contributed by atoms with Gasteiger partial charge in [0.05, 0.1) is 14.7 Å². The fourth-order valence-electron chi connectivity index (χ4n) is 1.83. The summed E-state index contributed by atoms with van der Waals surface area (Å²) in [5, 5.41) is 2.90. The van der Waals surface area contributed by atoms with Crippen LogP contribution in [0.5, 0.6) is 0 Å². The number of benzene rings is 2. The van der Waals surface area contributed by atoms with Crippen molar-refractivity contribution >= 4 is 55.8 Å². The van der Waals surface area contributed by atoms with Gasteiger partial charge in [0.1, 0.15) is 5.52 Å². The van der Waals surface area contributed by atoms with E-state index in [1.54, 1.807) is 0 Å². The van der Waals surface area contributed by atoms with E-state index in [0.29, 0.717) is 0 Å². The molecule has 1 amide bonds. The molecule has 2 aromatic carbocycles. The lowest BCUT2D eigenvalue weighted by Crippen LogP contribution is -2.11. The number of carbonyl (C=O) groups excluding carboxylic acids is 1. The van der Waals surface area contributed by atoms with Gasteiger partial charge in [0.2, 0.25) is 0 Å². The highest BCUT2D eigenvalue weighted by Gasteiger charge is 2.18. The first-order chi connectivity index (χ1) is 10.9. The highest BCUT2D eigenvalue weighted by atomic mass is 35.5. The van der Waals surface area contributed by atoms with E-state index >= 15 is 0 Å². The Kier molecular flexibility index (Phi) is 4.18. The van der Waals surface area contributed by atoms with Crippen molar-refractivity contribution in [3.05, 3.63) is 57.3 Å². The number of halogens is 5. The van der Waals surface area contributed by atoms with E-state index in [1.807, 2.05) is 0 Å². The number of thiazole rings is 1. The molecule has 23 heavy (non-hydrogen) atoms. The summed E-state index contributed by atoms with van der Waals surface area (Å²) < 4.78 is 40.0. The first kappa shape index (κ1) is 16.0. The Bertz CT molecular complexity index is 945. The molecule has 0 spiro atoms. The standard InChI is InChI=1S/C14H5Cl2F3N2OS/c15-6-2-1-5(3-7(6)16)13(22)21-14-20-12-9(23-14)4-8(17)10(18)11(12)19/h1-4H,(H,20,21,22). The lowest BCUT2D eigenvalue weighted by molar-refractivity contribution is 0.102. The smallest absolute Gasteiger partial charge is 0.257 e. The van der Waals surface area contributed by atoms with Crippen LogP contribution in [0.1, 0.15) is 10.4 Å². The van der Waals surface area contributed by atoms with Crippen LogP contribution in [-0.4, -0.2) is 10.9 Å². The second kappa shape index (κ2) is 5.99. The first-order valence-corrected chi connectivity index (χ1v) is 7.64. The zero-order chi connectivity index (χ0) is 16.7. The van der Waals surface area contributed by atoms with Gasteiger partial charge in [-0.25, -0.2) is 18.2 Å². The Balaban J connectivity index is 1.93. The minimum atomic E-state index is -1.61. The predicted octanol–water partition coefficient (Wildman–Crippen LogP) is 5.27. The van der Waals surface area contributed by atoms with E-state index in [1.165, 1.54) is 18.2 Å². The summed E-state index contributed by atoms with van der Waals surface area (Å²) in [4.78, 5) is 15.9. The molecule has 1 aromatic heterocycles. The Morgan fingerprint density at radius 3 is 2.52 bits per heavy atom. The van der Waals surface area contributed by atoms with Gasteiger partial charge in [-0.05, 0) is 24.3 Å². The van der Waals surface area contributed by atoms with Gasteiger partial charge < -0.3 is 0 Å². The first-order valence-electron chi connectivity index (χ1n) is 6.07. The summed E-state index contributed by atoms with van der Waals surface area (Å²) in [5.41, 5.74) is -0.144. The third-order valence-corrected chi connectivity index (χ3v) is 4.58. The van der Waals surface area contributed by atoms with Crippen molar-refractivity contribution in [3.63, 3.8) is 0 Å². The van der Waals surface area contributed by atoms with E-state index < -0.39 is 23.4 Å². The van der Waals surface area contributed by atoms with Crippen molar-refractivity contribution in [3.8, 4) is 0 Å². The summed E-state index contributed by atoms with van der Waals surface area (Å²) in [6, 6.07) is 5.06. The number of carbonyl (C=O) groups is 1. The van der Waals surface area contributed by atoms with Crippen molar-refractivity contribution < 1.29 is 18.0 Å². The van der Waals surface area contributed by atoms with Crippen LogP contribution >= 0.6 is 34.5 Å². The van der Waals surface area contributed by atoms with Crippen molar-refractivity contribution in [2.24, 2.45) is 0 Å². The molecular formula is C14H5Cl2F3N2OS. The van der Waals surface area contributed by atoms with E-state index in [-0.39, 0.29) is 31.0 Å². The van der Waals surface area contributed by atoms with Gasteiger partial charge in [0.25, 0.3) is 5.91 Å². The van der Waals surface area contributed by atoms with Gasteiger partial charge in [0.15, 0.2) is 22.6 Å². The number of anilines is 1. The fourth-order valence-corrected chi connectivity index (χ4v) is 3.02. The number of nitrogens with zero attached hydrogens (tertiary/aromatic N) is 1. The second-order valence-corrected chi connectivity index (χ2v) is 6.28. The van der Waals surface area contributed by atoms with Gasteiger partial charge in [0, 0.05) is 5.56 Å². The molecule has 0 bridgehead atoms. The summed E-state index contributed by atoms with van der Waals surface area (Å²) in [7, 11) is 0. The van der Waals surface area contributed by atoms with Crippen LogP contribution < -0.4 is 5.32 Å². The van der Waals surface area contributed by atoms with Gasteiger partial charge in [-0.15, -0.1) is 0 Å². The highest BCUT2D eigenvalue weighted by Crippen LogP contribution is 2.31. The Morgan fingerprint density at radius 2 is 1.83 bits per heavy atom. The zero-order valence-corrected chi connectivity index (χ0v) is 13.3. The molecule has 0 saturated carbocycles. The van der Waals surface area contributed by atoms with Crippen molar-refractivity contribution in [2.75, 3.05) is 5.32 Å². The minimum Gasteiger partial charge on any atom is -0.298 e. The van der Waals surface area contributed by atoms with E-state index in [4.69, 9.17) is 23.2 Å². The van der Waals surface area contributed by atoms with Crippen molar-refractivity contribution in [1.29, 1.82) is 0 Å². The van der Waals surface area contributed by atoms with Gasteiger partial charge in [-0.1, -0.05) is 34.5 Å². The van der Waals surface area contributed by atoms with Gasteiger partial charge >= 0.3 is 0 Å². The summed E-state index contributed by atoms with van der Waals surface area (Å²) in [6.07, 6.45) is 0. The number of fused-ring (bicyclic) bond motifs is 1. The van der Waals surface area contributed by atoms with Crippen LogP contribution in [0.15, 0.2) is 24.3 Å². The molecule has 0 fully saturated rings. The highest BCUT2D eigenvalue weighted by molar-refractivity contribution is 7.22. The predicted molar refractivity (Wildman–Crippen MR) is 83.9 cm³/mol. The number of aromatic nitrogens is 1. The summed E-state index contributed by atoms with van der Waals surface area (Å²) >= 11 is 12.4. The Morgan fingerprint density at radius 1 is 1.09 bits per heavy atom. The molecule has 0 saturated heterocycles. The average molecular weight is 377 g/mol. The monoisotopic (exact) mass is 376 g/mol. The van der Waals surface area contributed by atoms with E-state index in [2.05, 4.69) is 10.3 Å². The Hall–Kier alpha value is -1.83. The van der Waals surface area contributed by atoms with Crippen LogP contribution in [0.25, 0.3) is 10.2 Å². The summed E-state index contributed by atoms with van der Waals surface area (Å²) in [6.45, 7) is 0. The molecule has 0 radical (unpaired) electrons. The molecule has 3 nitrogen and oxygen atoms in total. The number of hydrogen-bond donors (Lipinski definition) is 1. The molecule has 0 unspecified atom stereocenters. The van der Waals surface area contributed by atoms with Gasteiger partial charge in [-0.3, -0.25) is 10.1 Å². The molecule has 1 heterocycles. The Labute approximate surface area is 141 Å². The maximum absolute atomic E-state index is 13.6. The van der Waals surface area contributed by atoms with Crippen molar-refractivity contribution in [1.82, 2.24) is 4.98 Å². The lowest BCUT2D eigenvalue weighted by Gasteiger charge is -2.02. The third-order valence-electron chi connectivity index (χ3n) is 2.92. The quantitative estimate of drug-likeness (QED) is 0.618. The molecule has 0 aliphatic heterocycles. The number of rotatable bonds is 2. The lowest BCUT2D eigenvalue weighted by atomic mass is 10.2. The second-order valence-electron chi connectivity index (χ2n) is 4.44. The number of nitrogens with one attached hydrogen (secondary N) is 1. The van der Waals surface area contributed by atoms with E-state index in [0.717, 1.165) is 17.4 Å². The molecule has 0 atom stereocenters. The van der Waals surface area contributed by atoms with Crippen LogP contribution in [0, 0.1) is 17.5 Å². The number of hydrogen-bond acceptors (Lipinski definition) is 3. The molecule has 118 valence electrons.